The van der Waals surface area contributed by atoms with Gasteiger partial charge in [-0.05, 0) is 36.4 Å². The number of alkyl halides is 3. The second-order valence-corrected chi connectivity index (χ2v) is 4.33. The molecular formula is C15H10F3NO3. The summed E-state index contributed by atoms with van der Waals surface area (Å²) in [6, 6.07) is 9.35. The van der Waals surface area contributed by atoms with Crippen LogP contribution in [-0.4, -0.2) is 11.9 Å². The zero-order valence-electron chi connectivity index (χ0n) is 11.1. The standard InChI is InChI=1S/C15H10F3NO3/c16-15(17,18)10-7-5-9(6-8-10)14(21)22-12-4-2-1-3-11(12)13(19)20/h1-8H,(H2,19,20). The molecule has 0 spiro atoms. The van der Waals surface area contributed by atoms with E-state index in [1.165, 1.54) is 24.3 Å². The number of nitrogens with two attached hydrogens (primary N) is 1. The number of carbonyl (C=O) groups excluding carboxylic acids is 2. The van der Waals surface area contributed by atoms with Gasteiger partial charge in [0, 0.05) is 0 Å². The van der Waals surface area contributed by atoms with Crippen molar-refractivity contribution in [2.45, 2.75) is 6.18 Å². The second kappa shape index (κ2) is 5.88. The van der Waals surface area contributed by atoms with E-state index in [-0.39, 0.29) is 16.9 Å². The molecule has 0 aliphatic heterocycles. The van der Waals surface area contributed by atoms with Gasteiger partial charge in [0.15, 0.2) is 0 Å². The smallest absolute Gasteiger partial charge is 0.416 e. The fourth-order valence-electron chi connectivity index (χ4n) is 1.71. The van der Waals surface area contributed by atoms with Crippen molar-refractivity contribution in [2.75, 3.05) is 0 Å². The summed E-state index contributed by atoms with van der Waals surface area (Å²) in [4.78, 5) is 23.1. The lowest BCUT2D eigenvalue weighted by Crippen LogP contribution is -2.16. The predicted molar refractivity (Wildman–Crippen MR) is 71.4 cm³/mol. The van der Waals surface area contributed by atoms with E-state index >= 15 is 0 Å². The molecule has 0 saturated carbocycles. The first-order chi connectivity index (χ1) is 10.3. The Morgan fingerprint density at radius 1 is 0.955 bits per heavy atom. The highest BCUT2D eigenvalue weighted by Crippen LogP contribution is 2.29. The van der Waals surface area contributed by atoms with E-state index in [2.05, 4.69) is 0 Å². The Hall–Kier alpha value is -2.83. The van der Waals surface area contributed by atoms with Crippen molar-refractivity contribution in [1.29, 1.82) is 0 Å². The third kappa shape index (κ3) is 3.43. The summed E-state index contributed by atoms with van der Waals surface area (Å²) in [6.07, 6.45) is -4.49. The zero-order chi connectivity index (χ0) is 16.3. The molecule has 0 saturated heterocycles. The number of esters is 1. The molecule has 0 unspecified atom stereocenters. The normalized spacial score (nSPS) is 11.0. The number of carbonyl (C=O) groups is 2. The number of hydrogen-bond donors (Lipinski definition) is 1. The number of benzene rings is 2. The van der Waals surface area contributed by atoms with E-state index in [0.29, 0.717) is 0 Å². The Morgan fingerprint density at radius 2 is 1.55 bits per heavy atom. The van der Waals surface area contributed by atoms with Crippen molar-refractivity contribution < 1.29 is 27.5 Å². The minimum atomic E-state index is -4.49. The fourth-order valence-corrected chi connectivity index (χ4v) is 1.71. The number of halogens is 3. The number of hydrogen-bond acceptors (Lipinski definition) is 3. The van der Waals surface area contributed by atoms with Gasteiger partial charge in [-0.25, -0.2) is 4.79 Å². The highest BCUT2D eigenvalue weighted by molar-refractivity contribution is 5.98. The zero-order valence-corrected chi connectivity index (χ0v) is 11.1. The molecule has 2 N–H and O–H groups in total. The van der Waals surface area contributed by atoms with E-state index in [1.54, 1.807) is 0 Å². The van der Waals surface area contributed by atoms with Crippen LogP contribution in [0.25, 0.3) is 0 Å². The minimum absolute atomic E-state index is 0.00256. The van der Waals surface area contributed by atoms with E-state index in [4.69, 9.17) is 10.5 Å². The van der Waals surface area contributed by atoms with Crippen LogP contribution in [0.1, 0.15) is 26.3 Å². The van der Waals surface area contributed by atoms with Gasteiger partial charge < -0.3 is 10.5 Å². The Bertz CT molecular complexity index is 709. The highest BCUT2D eigenvalue weighted by Gasteiger charge is 2.30. The summed E-state index contributed by atoms with van der Waals surface area (Å²) in [5.74, 6) is -1.72. The molecule has 0 aliphatic carbocycles. The van der Waals surface area contributed by atoms with Crippen LogP contribution in [0.4, 0.5) is 13.2 Å². The quantitative estimate of drug-likeness (QED) is 0.700. The lowest BCUT2D eigenvalue weighted by atomic mass is 10.1. The largest absolute Gasteiger partial charge is 0.422 e. The minimum Gasteiger partial charge on any atom is -0.422 e. The molecule has 1 amide bonds. The SMILES string of the molecule is NC(=O)c1ccccc1OC(=O)c1ccc(C(F)(F)F)cc1. The molecule has 22 heavy (non-hydrogen) atoms. The Labute approximate surface area is 123 Å². The second-order valence-electron chi connectivity index (χ2n) is 4.33. The van der Waals surface area contributed by atoms with Gasteiger partial charge in [-0.3, -0.25) is 4.79 Å². The first-order valence-corrected chi connectivity index (χ1v) is 6.07. The number of ether oxygens (including phenoxy) is 1. The van der Waals surface area contributed by atoms with Gasteiger partial charge in [-0.2, -0.15) is 13.2 Å². The van der Waals surface area contributed by atoms with Gasteiger partial charge in [-0.1, -0.05) is 12.1 Å². The molecule has 0 aliphatic rings. The van der Waals surface area contributed by atoms with Crippen molar-refractivity contribution in [2.24, 2.45) is 5.73 Å². The van der Waals surface area contributed by atoms with Crippen LogP contribution in [0.2, 0.25) is 0 Å². The fraction of sp³-hybridized carbons (Fsp3) is 0.0667. The van der Waals surface area contributed by atoms with Gasteiger partial charge >= 0.3 is 12.1 Å². The maximum absolute atomic E-state index is 12.4. The average molecular weight is 309 g/mol. The van der Waals surface area contributed by atoms with Crippen molar-refractivity contribution in [3.8, 4) is 5.75 Å². The number of amides is 1. The van der Waals surface area contributed by atoms with Gasteiger partial charge in [0.25, 0.3) is 5.91 Å². The molecule has 0 heterocycles. The van der Waals surface area contributed by atoms with Crippen LogP contribution in [0.5, 0.6) is 5.75 Å². The molecular weight excluding hydrogens is 299 g/mol. The molecule has 0 fully saturated rings. The summed E-state index contributed by atoms with van der Waals surface area (Å²) in [6.45, 7) is 0. The summed E-state index contributed by atoms with van der Waals surface area (Å²) in [5.41, 5.74) is 4.19. The molecule has 114 valence electrons. The van der Waals surface area contributed by atoms with Crippen molar-refractivity contribution in [1.82, 2.24) is 0 Å². The Morgan fingerprint density at radius 3 is 2.09 bits per heavy atom. The molecule has 0 bridgehead atoms. The molecule has 4 nitrogen and oxygen atoms in total. The average Bonchev–Trinajstić information content (AvgIpc) is 2.46. The summed E-state index contributed by atoms with van der Waals surface area (Å²) < 4.78 is 42.3. The lowest BCUT2D eigenvalue weighted by molar-refractivity contribution is -0.137. The third-order valence-corrected chi connectivity index (χ3v) is 2.80. The number of rotatable bonds is 3. The van der Waals surface area contributed by atoms with E-state index in [9.17, 15) is 22.8 Å². The molecule has 2 rings (SSSR count). The molecule has 0 atom stereocenters. The van der Waals surface area contributed by atoms with Gasteiger partial charge in [0.1, 0.15) is 5.75 Å². The van der Waals surface area contributed by atoms with Crippen LogP contribution in [-0.2, 0) is 6.18 Å². The molecule has 0 radical (unpaired) electrons. The lowest BCUT2D eigenvalue weighted by Gasteiger charge is -2.09. The summed E-state index contributed by atoms with van der Waals surface area (Å²) in [7, 11) is 0. The number of primary amides is 1. The van der Waals surface area contributed by atoms with Gasteiger partial charge in [-0.15, -0.1) is 0 Å². The first-order valence-electron chi connectivity index (χ1n) is 6.07. The van der Waals surface area contributed by atoms with Crippen LogP contribution in [0, 0.1) is 0 Å². The Balaban J connectivity index is 2.22. The predicted octanol–water partition coefficient (Wildman–Crippen LogP) is 3.02. The van der Waals surface area contributed by atoms with Gasteiger partial charge in [0.05, 0.1) is 16.7 Å². The number of para-hydroxylation sites is 1. The summed E-state index contributed by atoms with van der Waals surface area (Å²) >= 11 is 0. The molecule has 7 heteroatoms. The van der Waals surface area contributed by atoms with Crippen LogP contribution in [0.3, 0.4) is 0 Å². The first kappa shape index (κ1) is 15.6. The van der Waals surface area contributed by atoms with E-state index < -0.39 is 23.6 Å². The maximum atomic E-state index is 12.4. The van der Waals surface area contributed by atoms with Crippen LogP contribution >= 0.6 is 0 Å². The van der Waals surface area contributed by atoms with E-state index in [1.807, 2.05) is 0 Å². The summed E-state index contributed by atoms with van der Waals surface area (Å²) in [5, 5.41) is 0. The molecule has 2 aromatic carbocycles. The Kier molecular flexibility index (Phi) is 4.16. The third-order valence-electron chi connectivity index (χ3n) is 2.80. The van der Waals surface area contributed by atoms with Crippen LogP contribution < -0.4 is 10.5 Å². The van der Waals surface area contributed by atoms with Crippen molar-refractivity contribution >= 4 is 11.9 Å². The van der Waals surface area contributed by atoms with Crippen molar-refractivity contribution in [3.05, 3.63) is 65.2 Å². The topological polar surface area (TPSA) is 69.4 Å². The maximum Gasteiger partial charge on any atom is 0.416 e. The van der Waals surface area contributed by atoms with Crippen LogP contribution in [0.15, 0.2) is 48.5 Å². The molecule has 0 aromatic heterocycles. The van der Waals surface area contributed by atoms with Gasteiger partial charge in [0.2, 0.25) is 0 Å². The monoisotopic (exact) mass is 309 g/mol. The highest BCUT2D eigenvalue weighted by atomic mass is 19.4. The van der Waals surface area contributed by atoms with E-state index in [0.717, 1.165) is 24.3 Å². The van der Waals surface area contributed by atoms with Crippen molar-refractivity contribution in [3.63, 3.8) is 0 Å². The molecule has 2 aromatic rings.